The van der Waals surface area contributed by atoms with Crippen LogP contribution < -0.4 is 0 Å². The summed E-state index contributed by atoms with van der Waals surface area (Å²) >= 11 is 0. The van der Waals surface area contributed by atoms with E-state index in [1.165, 1.54) is 22.2 Å². The van der Waals surface area contributed by atoms with Crippen LogP contribution in [0.2, 0.25) is 0 Å². The minimum absolute atomic E-state index is 1.19. The summed E-state index contributed by atoms with van der Waals surface area (Å²) in [5.74, 6) is 0. The fraction of sp³-hybridized carbons (Fsp3) is 0.0769. The Balaban J connectivity index is 2.67. The van der Waals surface area contributed by atoms with E-state index in [1.54, 1.807) is 6.08 Å². The first kappa shape index (κ1) is 8.82. The number of hydrogen-bond acceptors (Lipinski definition) is 0. The van der Waals surface area contributed by atoms with Crippen molar-refractivity contribution >= 4 is 17.0 Å². The van der Waals surface area contributed by atoms with Gasteiger partial charge < -0.3 is 4.98 Å². The van der Waals surface area contributed by atoms with E-state index >= 15 is 0 Å². The number of benzene rings is 1. The number of para-hydroxylation sites is 1. The van der Waals surface area contributed by atoms with Gasteiger partial charge in [-0.25, -0.2) is 0 Å². The third-order valence-corrected chi connectivity index (χ3v) is 2.34. The number of rotatable bonds is 2. The summed E-state index contributed by atoms with van der Waals surface area (Å²) in [7, 11) is 0. The Bertz CT molecular complexity index is 489. The second kappa shape index (κ2) is 3.54. The molecule has 0 aliphatic rings. The number of H-pyrrole nitrogens is 1. The van der Waals surface area contributed by atoms with Gasteiger partial charge in [0.05, 0.1) is 0 Å². The van der Waals surface area contributed by atoms with Gasteiger partial charge in [0.1, 0.15) is 0 Å². The lowest BCUT2D eigenvalue weighted by molar-refractivity contribution is 1.29. The molecule has 1 aromatic heterocycles. The highest BCUT2D eigenvalue weighted by atomic mass is 14.7. The van der Waals surface area contributed by atoms with Gasteiger partial charge in [-0.05, 0) is 13.0 Å². The van der Waals surface area contributed by atoms with E-state index < -0.39 is 0 Å². The average molecular weight is 183 g/mol. The topological polar surface area (TPSA) is 15.8 Å². The molecule has 0 atom stereocenters. The molecule has 1 aromatic carbocycles. The summed E-state index contributed by atoms with van der Waals surface area (Å²) in [6, 6.07) is 8.31. The predicted molar refractivity (Wildman–Crippen MR) is 62.3 cm³/mol. The summed E-state index contributed by atoms with van der Waals surface area (Å²) in [5.41, 5.74) is 3.64. The molecular formula is C13H13N. The number of nitrogens with one attached hydrogen (secondary N) is 1. The average Bonchev–Trinajstić information content (AvgIpc) is 2.51. The summed E-state index contributed by atoms with van der Waals surface area (Å²) in [6.45, 7) is 5.76. The standard InChI is InChI=1S/C13H13N/c1-3-4-7-11-10(2)14-13-9-6-5-8-12(11)13/h3-9,14H,1H2,2H3/b7-4-. The van der Waals surface area contributed by atoms with Gasteiger partial charge in [-0.15, -0.1) is 0 Å². The fourth-order valence-electron chi connectivity index (χ4n) is 1.68. The van der Waals surface area contributed by atoms with E-state index in [0.29, 0.717) is 0 Å². The lowest BCUT2D eigenvalue weighted by atomic mass is 10.1. The van der Waals surface area contributed by atoms with Crippen LogP contribution in [-0.2, 0) is 0 Å². The first-order valence-corrected chi connectivity index (χ1v) is 4.69. The van der Waals surface area contributed by atoms with E-state index in [-0.39, 0.29) is 0 Å². The van der Waals surface area contributed by atoms with Crippen molar-refractivity contribution < 1.29 is 0 Å². The number of aromatic nitrogens is 1. The van der Waals surface area contributed by atoms with Gasteiger partial charge in [0, 0.05) is 22.2 Å². The summed E-state index contributed by atoms with van der Waals surface area (Å²) in [6.07, 6.45) is 5.84. The Morgan fingerprint density at radius 1 is 1.29 bits per heavy atom. The van der Waals surface area contributed by atoms with Crippen molar-refractivity contribution in [1.29, 1.82) is 0 Å². The maximum atomic E-state index is 3.67. The first-order chi connectivity index (χ1) is 6.83. The van der Waals surface area contributed by atoms with Crippen molar-refractivity contribution in [3.63, 3.8) is 0 Å². The van der Waals surface area contributed by atoms with Crippen LogP contribution in [0.1, 0.15) is 11.3 Å². The van der Waals surface area contributed by atoms with E-state index in [4.69, 9.17) is 0 Å². The predicted octanol–water partition coefficient (Wildman–Crippen LogP) is 3.68. The Kier molecular flexibility index (Phi) is 2.23. The van der Waals surface area contributed by atoms with E-state index in [0.717, 1.165) is 0 Å². The van der Waals surface area contributed by atoms with Crippen molar-refractivity contribution in [3.05, 3.63) is 54.3 Å². The van der Waals surface area contributed by atoms with Crippen LogP contribution in [0.3, 0.4) is 0 Å². The van der Waals surface area contributed by atoms with Gasteiger partial charge in [-0.2, -0.15) is 0 Å². The molecule has 0 bridgehead atoms. The highest BCUT2D eigenvalue weighted by Gasteiger charge is 2.03. The number of allylic oxidation sites excluding steroid dienone is 2. The summed E-state index contributed by atoms with van der Waals surface area (Å²) in [5, 5.41) is 1.27. The second-order valence-electron chi connectivity index (χ2n) is 3.30. The summed E-state index contributed by atoms with van der Waals surface area (Å²) in [4.78, 5) is 3.35. The van der Waals surface area contributed by atoms with Crippen LogP contribution >= 0.6 is 0 Å². The molecule has 2 rings (SSSR count). The third kappa shape index (κ3) is 1.37. The van der Waals surface area contributed by atoms with Gasteiger partial charge in [-0.3, -0.25) is 0 Å². The van der Waals surface area contributed by atoms with Crippen molar-refractivity contribution in [2.24, 2.45) is 0 Å². The third-order valence-electron chi connectivity index (χ3n) is 2.34. The van der Waals surface area contributed by atoms with Gasteiger partial charge in [0.25, 0.3) is 0 Å². The molecule has 70 valence electrons. The Morgan fingerprint density at radius 3 is 2.86 bits per heavy atom. The minimum Gasteiger partial charge on any atom is -0.358 e. The maximum absolute atomic E-state index is 3.67. The quantitative estimate of drug-likeness (QED) is 0.684. The highest BCUT2D eigenvalue weighted by molar-refractivity contribution is 5.90. The van der Waals surface area contributed by atoms with Crippen molar-refractivity contribution in [3.8, 4) is 0 Å². The zero-order valence-electron chi connectivity index (χ0n) is 8.25. The lowest BCUT2D eigenvalue weighted by Crippen LogP contribution is -1.72. The molecule has 0 spiro atoms. The lowest BCUT2D eigenvalue weighted by Gasteiger charge is -1.91. The maximum Gasteiger partial charge on any atom is 0.0462 e. The molecule has 1 heterocycles. The molecule has 0 saturated carbocycles. The smallest absolute Gasteiger partial charge is 0.0462 e. The molecule has 0 unspecified atom stereocenters. The van der Waals surface area contributed by atoms with Crippen LogP contribution in [0.15, 0.2) is 43.0 Å². The molecule has 0 aliphatic heterocycles. The molecule has 1 nitrogen and oxygen atoms in total. The molecule has 0 saturated heterocycles. The van der Waals surface area contributed by atoms with Gasteiger partial charge in [0.2, 0.25) is 0 Å². The van der Waals surface area contributed by atoms with Crippen LogP contribution in [0.25, 0.3) is 17.0 Å². The van der Waals surface area contributed by atoms with Gasteiger partial charge in [0.15, 0.2) is 0 Å². The first-order valence-electron chi connectivity index (χ1n) is 4.69. The van der Waals surface area contributed by atoms with Crippen molar-refractivity contribution in [1.82, 2.24) is 4.98 Å². The van der Waals surface area contributed by atoms with Crippen LogP contribution in [0.5, 0.6) is 0 Å². The molecule has 2 aromatic rings. The largest absolute Gasteiger partial charge is 0.358 e. The van der Waals surface area contributed by atoms with Gasteiger partial charge >= 0.3 is 0 Å². The molecule has 1 heteroatoms. The Hall–Kier alpha value is -1.76. The molecule has 0 radical (unpaired) electrons. The molecule has 0 amide bonds. The SMILES string of the molecule is C=C/C=C\c1c(C)[nH]c2ccccc12. The zero-order chi connectivity index (χ0) is 9.97. The minimum atomic E-state index is 1.19. The number of hydrogen-bond donors (Lipinski definition) is 1. The van der Waals surface area contributed by atoms with E-state index in [9.17, 15) is 0 Å². The van der Waals surface area contributed by atoms with Crippen LogP contribution in [0, 0.1) is 6.92 Å². The number of fused-ring (bicyclic) bond motifs is 1. The monoisotopic (exact) mass is 183 g/mol. The second-order valence-corrected chi connectivity index (χ2v) is 3.30. The molecular weight excluding hydrogens is 170 g/mol. The van der Waals surface area contributed by atoms with Crippen molar-refractivity contribution in [2.45, 2.75) is 6.92 Å². The van der Waals surface area contributed by atoms with E-state index in [2.05, 4.69) is 42.8 Å². The highest BCUT2D eigenvalue weighted by Crippen LogP contribution is 2.22. The molecule has 0 fully saturated rings. The normalized spacial score (nSPS) is 11.2. The van der Waals surface area contributed by atoms with Crippen LogP contribution in [-0.4, -0.2) is 4.98 Å². The Labute approximate surface area is 83.8 Å². The number of aryl methyl sites for hydroxylation is 1. The summed E-state index contributed by atoms with van der Waals surface area (Å²) < 4.78 is 0. The molecule has 0 aliphatic carbocycles. The van der Waals surface area contributed by atoms with Crippen molar-refractivity contribution in [2.75, 3.05) is 0 Å². The fourth-order valence-corrected chi connectivity index (χ4v) is 1.68. The van der Waals surface area contributed by atoms with E-state index in [1.807, 2.05) is 12.1 Å². The Morgan fingerprint density at radius 2 is 2.07 bits per heavy atom. The molecule has 14 heavy (non-hydrogen) atoms. The zero-order valence-corrected chi connectivity index (χ0v) is 8.25. The number of aromatic amines is 1. The molecule has 1 N–H and O–H groups in total. The van der Waals surface area contributed by atoms with Gasteiger partial charge in [-0.1, -0.05) is 43.0 Å². The van der Waals surface area contributed by atoms with Crippen LogP contribution in [0.4, 0.5) is 0 Å².